The number of hydrogen-bond acceptors (Lipinski definition) is 1. The van der Waals surface area contributed by atoms with Crippen LogP contribution in [-0.2, 0) is 0 Å². The van der Waals surface area contributed by atoms with Crippen LogP contribution in [0, 0.1) is 0 Å². The molecule has 0 aromatic carbocycles. The predicted octanol–water partition coefficient (Wildman–Crippen LogP) is -0.357. The normalized spacial score (nSPS) is 34.5. The van der Waals surface area contributed by atoms with E-state index in [1.54, 1.807) is 0 Å². The Balaban J connectivity index is 2.18. The molecule has 2 heteroatoms. The minimum absolute atomic E-state index is 0.838. The summed E-state index contributed by atoms with van der Waals surface area (Å²) in [4.78, 5) is 0. The zero-order valence-electron chi connectivity index (χ0n) is 3.98. The maximum Gasteiger partial charge on any atom is 0.130 e. The van der Waals surface area contributed by atoms with E-state index in [1.807, 2.05) is 11.8 Å². The van der Waals surface area contributed by atoms with Gasteiger partial charge in [0.05, 0.1) is 6.54 Å². The van der Waals surface area contributed by atoms with Crippen LogP contribution in [0.4, 0.5) is 0 Å². The Morgan fingerprint density at radius 1 is 1.83 bits per heavy atom. The molecule has 1 nitrogen and oxygen atoms in total. The number of thioether (sulfide) groups is 1. The summed E-state index contributed by atoms with van der Waals surface area (Å²) in [5, 5.41) is 3.20. The van der Waals surface area contributed by atoms with Gasteiger partial charge in [-0.1, -0.05) is 11.8 Å². The lowest BCUT2D eigenvalue weighted by atomic mass is 10.7. The van der Waals surface area contributed by atoms with Gasteiger partial charge in [0.2, 0.25) is 0 Å². The van der Waals surface area contributed by atoms with Gasteiger partial charge in [-0.05, 0) is 6.92 Å². The number of rotatable bonds is 0. The summed E-state index contributed by atoms with van der Waals surface area (Å²) in [5.41, 5.74) is 0. The SMILES string of the molecule is C[C@@H]1[NH2+]CCS1. The fourth-order valence-corrected chi connectivity index (χ4v) is 1.54. The fraction of sp³-hybridized carbons (Fsp3) is 1.00. The maximum atomic E-state index is 2.37. The van der Waals surface area contributed by atoms with Crippen LogP contribution in [0.25, 0.3) is 0 Å². The highest BCUT2D eigenvalue weighted by molar-refractivity contribution is 7.99. The van der Waals surface area contributed by atoms with Crippen LogP contribution in [0.3, 0.4) is 0 Å². The van der Waals surface area contributed by atoms with Crippen LogP contribution in [0.1, 0.15) is 6.92 Å². The summed E-state index contributed by atoms with van der Waals surface area (Å²) >= 11 is 2.04. The van der Waals surface area contributed by atoms with Gasteiger partial charge < -0.3 is 5.32 Å². The average Bonchev–Trinajstić information content (AvgIpc) is 1.86. The van der Waals surface area contributed by atoms with Gasteiger partial charge in [-0.15, -0.1) is 0 Å². The Hall–Kier alpha value is 0.310. The first-order valence-electron chi connectivity index (χ1n) is 2.34. The van der Waals surface area contributed by atoms with Crippen LogP contribution in [0.5, 0.6) is 0 Å². The molecule has 1 aliphatic heterocycles. The molecular weight excluding hydrogens is 94.1 g/mol. The van der Waals surface area contributed by atoms with Crippen LogP contribution in [-0.4, -0.2) is 17.7 Å². The highest BCUT2D eigenvalue weighted by atomic mass is 32.2. The average molecular weight is 104 g/mol. The molecule has 36 valence electrons. The summed E-state index contributed by atoms with van der Waals surface area (Å²) in [6.45, 7) is 3.57. The molecule has 1 saturated heterocycles. The largest absolute Gasteiger partial charge is 0.335 e. The Bertz CT molecular complexity index is 40.8. The second-order valence-electron chi connectivity index (χ2n) is 1.60. The number of nitrogens with two attached hydrogens (primary N) is 1. The quantitative estimate of drug-likeness (QED) is 0.444. The van der Waals surface area contributed by atoms with Crippen LogP contribution in [0.15, 0.2) is 0 Å². The summed E-state index contributed by atoms with van der Waals surface area (Å²) < 4.78 is 0. The van der Waals surface area contributed by atoms with Crippen molar-refractivity contribution in [2.24, 2.45) is 0 Å². The number of hydrogen-bond donors (Lipinski definition) is 1. The molecule has 0 aromatic heterocycles. The van der Waals surface area contributed by atoms with Crippen LogP contribution < -0.4 is 5.32 Å². The van der Waals surface area contributed by atoms with Gasteiger partial charge in [-0.3, -0.25) is 0 Å². The Morgan fingerprint density at radius 3 is 2.83 bits per heavy atom. The summed E-state index contributed by atoms with van der Waals surface area (Å²) in [6, 6.07) is 0. The van der Waals surface area contributed by atoms with Crippen molar-refractivity contribution >= 4 is 11.8 Å². The first-order valence-corrected chi connectivity index (χ1v) is 3.39. The van der Waals surface area contributed by atoms with Gasteiger partial charge in [0.1, 0.15) is 5.37 Å². The highest BCUT2D eigenvalue weighted by Crippen LogP contribution is 2.04. The second kappa shape index (κ2) is 1.85. The topological polar surface area (TPSA) is 16.6 Å². The molecule has 0 amide bonds. The van der Waals surface area contributed by atoms with Crippen molar-refractivity contribution in [2.45, 2.75) is 12.3 Å². The zero-order chi connectivity index (χ0) is 4.41. The third kappa shape index (κ3) is 0.884. The molecule has 0 saturated carbocycles. The molecule has 1 heterocycles. The van der Waals surface area contributed by atoms with E-state index in [0.717, 1.165) is 5.37 Å². The van der Waals surface area contributed by atoms with Crippen LogP contribution >= 0.6 is 11.8 Å². The third-order valence-corrected chi connectivity index (χ3v) is 2.19. The van der Waals surface area contributed by atoms with Crippen molar-refractivity contribution in [3.05, 3.63) is 0 Å². The molecule has 1 aliphatic rings. The molecule has 0 unspecified atom stereocenters. The minimum atomic E-state index is 0.838. The Kier molecular flexibility index (Phi) is 1.37. The smallest absolute Gasteiger partial charge is 0.130 e. The van der Waals surface area contributed by atoms with Gasteiger partial charge in [0.15, 0.2) is 0 Å². The van der Waals surface area contributed by atoms with Gasteiger partial charge in [0.25, 0.3) is 0 Å². The third-order valence-electron chi connectivity index (χ3n) is 0.997. The first-order chi connectivity index (χ1) is 2.89. The lowest BCUT2D eigenvalue weighted by molar-refractivity contribution is -0.654. The van der Waals surface area contributed by atoms with E-state index in [4.69, 9.17) is 0 Å². The summed E-state index contributed by atoms with van der Waals surface area (Å²) in [7, 11) is 0. The molecule has 1 rings (SSSR count). The van der Waals surface area contributed by atoms with E-state index in [9.17, 15) is 0 Å². The van der Waals surface area contributed by atoms with E-state index in [1.165, 1.54) is 12.3 Å². The van der Waals surface area contributed by atoms with Crippen molar-refractivity contribution in [3.63, 3.8) is 0 Å². The molecule has 0 aliphatic carbocycles. The summed E-state index contributed by atoms with van der Waals surface area (Å²) in [6.07, 6.45) is 0. The van der Waals surface area contributed by atoms with Gasteiger partial charge in [0, 0.05) is 5.75 Å². The molecule has 1 fully saturated rings. The van der Waals surface area contributed by atoms with Gasteiger partial charge in [-0.25, -0.2) is 0 Å². The zero-order valence-corrected chi connectivity index (χ0v) is 4.79. The molecule has 0 bridgehead atoms. The fourth-order valence-electron chi connectivity index (χ4n) is 0.625. The molecule has 6 heavy (non-hydrogen) atoms. The molecule has 0 spiro atoms. The molecule has 2 N–H and O–H groups in total. The van der Waals surface area contributed by atoms with Gasteiger partial charge in [-0.2, -0.15) is 0 Å². The van der Waals surface area contributed by atoms with Crippen molar-refractivity contribution in [2.75, 3.05) is 12.3 Å². The van der Waals surface area contributed by atoms with E-state index in [-0.39, 0.29) is 0 Å². The first kappa shape index (κ1) is 4.47. The number of quaternary nitrogens is 1. The van der Waals surface area contributed by atoms with Crippen molar-refractivity contribution in [1.29, 1.82) is 0 Å². The maximum absolute atomic E-state index is 2.37. The van der Waals surface area contributed by atoms with E-state index in [0.29, 0.717) is 0 Å². The Labute approximate surface area is 42.5 Å². The molecule has 0 aromatic rings. The van der Waals surface area contributed by atoms with E-state index >= 15 is 0 Å². The highest BCUT2D eigenvalue weighted by Gasteiger charge is 2.10. The standard InChI is InChI=1S/C4H9NS/c1-4-5-2-3-6-4/h4-5H,2-3H2,1H3/p+1/t4-/m1/s1. The predicted molar refractivity (Wildman–Crippen MR) is 28.7 cm³/mol. The second-order valence-corrected chi connectivity index (χ2v) is 3.09. The van der Waals surface area contributed by atoms with Crippen molar-refractivity contribution < 1.29 is 5.32 Å². The monoisotopic (exact) mass is 104 g/mol. The van der Waals surface area contributed by atoms with Crippen molar-refractivity contribution in [1.82, 2.24) is 0 Å². The van der Waals surface area contributed by atoms with Gasteiger partial charge >= 0.3 is 0 Å². The van der Waals surface area contributed by atoms with Crippen LogP contribution in [0.2, 0.25) is 0 Å². The van der Waals surface area contributed by atoms with E-state index < -0.39 is 0 Å². The molecule has 1 atom stereocenters. The van der Waals surface area contributed by atoms with Crippen molar-refractivity contribution in [3.8, 4) is 0 Å². The molecular formula is C4H10NS+. The minimum Gasteiger partial charge on any atom is -0.335 e. The van der Waals surface area contributed by atoms with E-state index in [2.05, 4.69) is 12.2 Å². The molecule has 0 radical (unpaired) electrons. The lowest BCUT2D eigenvalue weighted by Gasteiger charge is -1.90. The lowest BCUT2D eigenvalue weighted by Crippen LogP contribution is -2.85. The summed E-state index contributed by atoms with van der Waals surface area (Å²) in [5.74, 6) is 1.35. The Morgan fingerprint density at radius 2 is 2.67 bits per heavy atom.